The molecule has 2 heteroatoms. The quantitative estimate of drug-likeness (QED) is 0.784. The fraction of sp³-hybridized carbons (Fsp3) is 0.588. The minimum atomic E-state index is -0.734. The number of rotatable bonds is 6. The van der Waals surface area contributed by atoms with Crippen LogP contribution in [-0.2, 0) is 0 Å². The number of Topliss-reactive ketones (excluding diaryl/α,β-unsaturated/α-hetero) is 1. The summed E-state index contributed by atoms with van der Waals surface area (Å²) in [5.74, 6) is 0.177. The lowest BCUT2D eigenvalue weighted by atomic mass is 9.72. The summed E-state index contributed by atoms with van der Waals surface area (Å²) in [6, 6.07) is 9.42. The number of ketones is 1. The maximum absolute atomic E-state index is 12.2. The molecule has 1 N–H and O–H groups in total. The fourth-order valence-corrected chi connectivity index (χ4v) is 1.90. The maximum Gasteiger partial charge on any atom is 0.165 e. The van der Waals surface area contributed by atoms with Crippen LogP contribution in [-0.4, -0.2) is 16.5 Å². The van der Waals surface area contributed by atoms with Gasteiger partial charge in [0.05, 0.1) is 5.60 Å². The number of carbonyl (C=O) groups excluding carboxylic acids is 1. The molecule has 0 aliphatic heterocycles. The molecule has 106 valence electrons. The first-order chi connectivity index (χ1) is 8.65. The van der Waals surface area contributed by atoms with Gasteiger partial charge in [-0.2, -0.15) is 0 Å². The van der Waals surface area contributed by atoms with Gasteiger partial charge in [0.15, 0.2) is 5.78 Å². The van der Waals surface area contributed by atoms with Crippen LogP contribution in [0.15, 0.2) is 30.3 Å². The molecular weight excluding hydrogens is 236 g/mol. The van der Waals surface area contributed by atoms with Crippen molar-refractivity contribution in [1.82, 2.24) is 0 Å². The molecule has 0 saturated heterocycles. The standard InChI is InChI=1S/C17H26O2/c1-13(11-12-16(2,3)17(4,5)19)15(18)14-9-7-6-8-10-14/h6-10,13,19H,11-12H2,1-5H3. The second kappa shape index (κ2) is 5.87. The summed E-state index contributed by atoms with van der Waals surface area (Å²) in [7, 11) is 0. The molecule has 19 heavy (non-hydrogen) atoms. The predicted octanol–water partition coefficient (Wildman–Crippen LogP) is 4.08. The van der Waals surface area contributed by atoms with E-state index in [0.717, 1.165) is 18.4 Å². The Morgan fingerprint density at radius 3 is 2.16 bits per heavy atom. The molecule has 0 heterocycles. The number of hydrogen-bond donors (Lipinski definition) is 1. The van der Waals surface area contributed by atoms with E-state index in [9.17, 15) is 9.90 Å². The lowest BCUT2D eigenvalue weighted by Crippen LogP contribution is -2.39. The third-order valence-corrected chi connectivity index (χ3v) is 4.36. The zero-order chi connectivity index (χ0) is 14.7. The van der Waals surface area contributed by atoms with Gasteiger partial charge in [-0.15, -0.1) is 0 Å². The molecule has 1 aromatic carbocycles. The van der Waals surface area contributed by atoms with E-state index in [1.54, 1.807) is 0 Å². The van der Waals surface area contributed by atoms with Gasteiger partial charge in [0, 0.05) is 11.5 Å². The highest BCUT2D eigenvalue weighted by atomic mass is 16.3. The van der Waals surface area contributed by atoms with Crippen LogP contribution >= 0.6 is 0 Å². The van der Waals surface area contributed by atoms with Crippen molar-refractivity contribution in [2.45, 2.75) is 53.1 Å². The third kappa shape index (κ3) is 4.17. The van der Waals surface area contributed by atoms with Gasteiger partial charge < -0.3 is 5.11 Å². The van der Waals surface area contributed by atoms with Crippen molar-refractivity contribution < 1.29 is 9.90 Å². The smallest absolute Gasteiger partial charge is 0.165 e. The lowest BCUT2D eigenvalue weighted by Gasteiger charge is -2.38. The molecule has 2 nitrogen and oxygen atoms in total. The minimum absolute atomic E-state index is 0.0102. The topological polar surface area (TPSA) is 37.3 Å². The van der Waals surface area contributed by atoms with Crippen LogP contribution in [0.4, 0.5) is 0 Å². The Hall–Kier alpha value is -1.15. The molecule has 1 rings (SSSR count). The summed E-state index contributed by atoms with van der Waals surface area (Å²) in [5, 5.41) is 10.1. The molecule has 0 aliphatic rings. The lowest BCUT2D eigenvalue weighted by molar-refractivity contribution is -0.0415. The van der Waals surface area contributed by atoms with E-state index in [-0.39, 0.29) is 17.1 Å². The van der Waals surface area contributed by atoms with Crippen molar-refractivity contribution in [2.75, 3.05) is 0 Å². The van der Waals surface area contributed by atoms with E-state index >= 15 is 0 Å². The zero-order valence-electron chi connectivity index (χ0n) is 12.7. The van der Waals surface area contributed by atoms with Gasteiger partial charge in [0.1, 0.15) is 0 Å². The highest BCUT2D eigenvalue weighted by Crippen LogP contribution is 2.36. The van der Waals surface area contributed by atoms with Gasteiger partial charge in [-0.3, -0.25) is 4.79 Å². The molecule has 0 radical (unpaired) electrons. The van der Waals surface area contributed by atoms with Crippen molar-refractivity contribution in [2.24, 2.45) is 11.3 Å². The summed E-state index contributed by atoms with van der Waals surface area (Å²) < 4.78 is 0. The highest BCUT2D eigenvalue weighted by molar-refractivity contribution is 5.97. The summed E-state index contributed by atoms with van der Waals surface area (Å²) in [5.41, 5.74) is -0.156. The molecule has 0 fully saturated rings. The fourth-order valence-electron chi connectivity index (χ4n) is 1.90. The summed E-state index contributed by atoms with van der Waals surface area (Å²) in [4.78, 5) is 12.2. The molecule has 0 amide bonds. The van der Waals surface area contributed by atoms with Gasteiger partial charge in [0.25, 0.3) is 0 Å². The summed E-state index contributed by atoms with van der Waals surface area (Å²) >= 11 is 0. The first-order valence-electron chi connectivity index (χ1n) is 6.97. The van der Waals surface area contributed by atoms with Crippen molar-refractivity contribution in [1.29, 1.82) is 0 Å². The normalized spacial score (nSPS) is 14.2. The average Bonchev–Trinajstić information content (AvgIpc) is 2.35. The Bertz CT molecular complexity index is 413. The van der Waals surface area contributed by atoms with Crippen LogP contribution in [0.5, 0.6) is 0 Å². The third-order valence-electron chi connectivity index (χ3n) is 4.36. The predicted molar refractivity (Wildman–Crippen MR) is 79.2 cm³/mol. The monoisotopic (exact) mass is 262 g/mol. The van der Waals surface area contributed by atoms with E-state index in [0.29, 0.717) is 0 Å². The van der Waals surface area contributed by atoms with Gasteiger partial charge in [-0.1, -0.05) is 51.1 Å². The van der Waals surface area contributed by atoms with Gasteiger partial charge in [-0.25, -0.2) is 0 Å². The van der Waals surface area contributed by atoms with E-state index in [1.807, 2.05) is 65.0 Å². The molecule has 1 unspecified atom stereocenters. The molecule has 1 atom stereocenters. The molecule has 1 aromatic rings. The minimum Gasteiger partial charge on any atom is -0.390 e. The van der Waals surface area contributed by atoms with E-state index in [2.05, 4.69) is 0 Å². The molecular formula is C17H26O2. The van der Waals surface area contributed by atoms with Crippen molar-refractivity contribution in [3.05, 3.63) is 35.9 Å². The number of benzene rings is 1. The molecule has 0 spiro atoms. The van der Waals surface area contributed by atoms with Crippen LogP contribution in [0, 0.1) is 11.3 Å². The molecule has 0 aromatic heterocycles. The largest absolute Gasteiger partial charge is 0.390 e. The second-order valence-corrected chi connectivity index (χ2v) is 6.61. The van der Waals surface area contributed by atoms with E-state index < -0.39 is 5.60 Å². The molecule has 0 aliphatic carbocycles. The van der Waals surface area contributed by atoms with Crippen molar-refractivity contribution >= 4 is 5.78 Å². The van der Waals surface area contributed by atoms with Crippen LogP contribution in [0.1, 0.15) is 57.8 Å². The summed E-state index contributed by atoms with van der Waals surface area (Å²) in [6.45, 7) is 9.72. The molecule has 0 bridgehead atoms. The number of hydrogen-bond acceptors (Lipinski definition) is 2. The Morgan fingerprint density at radius 1 is 1.16 bits per heavy atom. The van der Waals surface area contributed by atoms with Crippen LogP contribution in [0.2, 0.25) is 0 Å². The number of carbonyl (C=O) groups is 1. The Kier molecular flexibility index (Phi) is 4.92. The first kappa shape index (κ1) is 15.9. The second-order valence-electron chi connectivity index (χ2n) is 6.61. The summed E-state index contributed by atoms with van der Waals surface area (Å²) in [6.07, 6.45) is 1.63. The first-order valence-corrected chi connectivity index (χ1v) is 6.97. The van der Waals surface area contributed by atoms with Gasteiger partial charge in [0.2, 0.25) is 0 Å². The van der Waals surface area contributed by atoms with Crippen LogP contribution < -0.4 is 0 Å². The Morgan fingerprint density at radius 2 is 1.68 bits per heavy atom. The van der Waals surface area contributed by atoms with Crippen LogP contribution in [0.3, 0.4) is 0 Å². The Labute approximate surface area is 116 Å². The Balaban J connectivity index is 2.62. The highest BCUT2D eigenvalue weighted by Gasteiger charge is 2.35. The van der Waals surface area contributed by atoms with Gasteiger partial charge in [-0.05, 0) is 32.1 Å². The zero-order valence-corrected chi connectivity index (χ0v) is 12.7. The van der Waals surface area contributed by atoms with Crippen molar-refractivity contribution in [3.63, 3.8) is 0 Å². The SMILES string of the molecule is CC(CCC(C)(C)C(C)(C)O)C(=O)c1ccccc1. The molecule has 0 saturated carbocycles. The van der Waals surface area contributed by atoms with Crippen LogP contribution in [0.25, 0.3) is 0 Å². The van der Waals surface area contributed by atoms with E-state index in [1.165, 1.54) is 0 Å². The van der Waals surface area contributed by atoms with Crippen molar-refractivity contribution in [3.8, 4) is 0 Å². The van der Waals surface area contributed by atoms with Gasteiger partial charge >= 0.3 is 0 Å². The number of aliphatic hydroxyl groups is 1. The van der Waals surface area contributed by atoms with E-state index in [4.69, 9.17) is 0 Å². The maximum atomic E-state index is 12.2. The average molecular weight is 262 g/mol.